The lowest BCUT2D eigenvalue weighted by Crippen LogP contribution is -2.22. The standard InChI is InChI=1S/C19H21FN2O2/c1-24-18-10-11-22(13-18)17-8-6-16(7-9-17)21-19(23)12-14-2-4-15(20)5-3-14/h2-9,18H,10-13H2,1H3,(H,21,23)/t18-/m0/s1. The van der Waals surface area contributed by atoms with Crippen molar-refractivity contribution in [3.8, 4) is 0 Å². The zero-order valence-electron chi connectivity index (χ0n) is 13.7. The van der Waals surface area contributed by atoms with Gasteiger partial charge in [-0.15, -0.1) is 0 Å². The summed E-state index contributed by atoms with van der Waals surface area (Å²) in [7, 11) is 1.74. The second-order valence-electron chi connectivity index (χ2n) is 5.99. The lowest BCUT2D eigenvalue weighted by Gasteiger charge is -2.18. The summed E-state index contributed by atoms with van der Waals surface area (Å²) in [5.74, 6) is -0.414. The lowest BCUT2D eigenvalue weighted by atomic mass is 10.1. The van der Waals surface area contributed by atoms with E-state index in [0.29, 0.717) is 6.10 Å². The van der Waals surface area contributed by atoms with E-state index in [2.05, 4.69) is 10.2 Å². The summed E-state index contributed by atoms with van der Waals surface area (Å²) >= 11 is 0. The number of benzene rings is 2. The fraction of sp³-hybridized carbons (Fsp3) is 0.316. The molecule has 5 heteroatoms. The first-order chi connectivity index (χ1) is 11.6. The normalized spacial score (nSPS) is 17.1. The molecule has 4 nitrogen and oxygen atoms in total. The number of anilines is 2. The molecule has 2 aromatic carbocycles. The molecular formula is C19H21FN2O2. The number of amides is 1. The minimum Gasteiger partial charge on any atom is -0.380 e. The van der Waals surface area contributed by atoms with Gasteiger partial charge in [0.25, 0.3) is 0 Å². The Hall–Kier alpha value is -2.40. The first-order valence-corrected chi connectivity index (χ1v) is 8.06. The van der Waals surface area contributed by atoms with Crippen LogP contribution < -0.4 is 10.2 Å². The zero-order chi connectivity index (χ0) is 16.9. The third-order valence-electron chi connectivity index (χ3n) is 4.27. The highest BCUT2D eigenvalue weighted by Gasteiger charge is 2.22. The highest BCUT2D eigenvalue weighted by Crippen LogP contribution is 2.23. The van der Waals surface area contributed by atoms with E-state index in [9.17, 15) is 9.18 Å². The van der Waals surface area contributed by atoms with Crippen molar-refractivity contribution in [2.45, 2.75) is 18.9 Å². The van der Waals surface area contributed by atoms with E-state index >= 15 is 0 Å². The van der Waals surface area contributed by atoms with Crippen LogP contribution in [-0.4, -0.2) is 32.2 Å². The Morgan fingerprint density at radius 2 is 1.92 bits per heavy atom. The summed E-state index contributed by atoms with van der Waals surface area (Å²) in [6.45, 7) is 1.88. The van der Waals surface area contributed by atoms with Crippen LogP contribution in [0.5, 0.6) is 0 Å². The van der Waals surface area contributed by atoms with Crippen molar-refractivity contribution in [1.29, 1.82) is 0 Å². The smallest absolute Gasteiger partial charge is 0.228 e. The first-order valence-electron chi connectivity index (χ1n) is 8.06. The highest BCUT2D eigenvalue weighted by atomic mass is 19.1. The van der Waals surface area contributed by atoms with E-state index in [1.54, 1.807) is 19.2 Å². The fourth-order valence-corrected chi connectivity index (χ4v) is 2.90. The molecule has 0 spiro atoms. The van der Waals surface area contributed by atoms with E-state index in [1.165, 1.54) is 12.1 Å². The number of ether oxygens (including phenoxy) is 1. The third-order valence-corrected chi connectivity index (χ3v) is 4.27. The van der Waals surface area contributed by atoms with Gasteiger partial charge in [-0.25, -0.2) is 4.39 Å². The van der Waals surface area contributed by atoms with Crippen molar-refractivity contribution in [2.75, 3.05) is 30.4 Å². The number of methoxy groups -OCH3 is 1. The Morgan fingerprint density at radius 3 is 2.54 bits per heavy atom. The predicted octanol–water partition coefficient (Wildman–Crippen LogP) is 3.23. The molecule has 3 rings (SSSR count). The summed E-state index contributed by atoms with van der Waals surface area (Å²) in [5.41, 5.74) is 2.67. The van der Waals surface area contributed by atoms with Crippen LogP contribution in [0, 0.1) is 5.82 Å². The van der Waals surface area contributed by atoms with Crippen molar-refractivity contribution >= 4 is 17.3 Å². The molecule has 0 unspecified atom stereocenters. The average Bonchev–Trinajstić information content (AvgIpc) is 3.07. The van der Waals surface area contributed by atoms with Gasteiger partial charge in [-0.3, -0.25) is 4.79 Å². The van der Waals surface area contributed by atoms with Crippen LogP contribution in [-0.2, 0) is 16.0 Å². The molecule has 1 aliphatic heterocycles. The largest absolute Gasteiger partial charge is 0.380 e. The molecule has 2 aromatic rings. The van der Waals surface area contributed by atoms with Crippen LogP contribution in [0.2, 0.25) is 0 Å². The topological polar surface area (TPSA) is 41.6 Å². The van der Waals surface area contributed by atoms with E-state index in [0.717, 1.165) is 36.4 Å². The molecule has 1 atom stereocenters. The number of nitrogens with one attached hydrogen (secondary N) is 1. The number of halogens is 1. The zero-order valence-corrected chi connectivity index (χ0v) is 13.7. The van der Waals surface area contributed by atoms with E-state index in [1.807, 2.05) is 24.3 Å². The van der Waals surface area contributed by atoms with E-state index < -0.39 is 0 Å². The Labute approximate surface area is 141 Å². The van der Waals surface area contributed by atoms with Gasteiger partial charge in [-0.05, 0) is 48.4 Å². The Bertz CT molecular complexity index is 686. The summed E-state index contributed by atoms with van der Waals surface area (Å²) in [4.78, 5) is 14.3. The van der Waals surface area contributed by atoms with Gasteiger partial charge in [0.15, 0.2) is 0 Å². The number of hydrogen-bond donors (Lipinski definition) is 1. The van der Waals surface area contributed by atoms with Crippen LogP contribution in [0.4, 0.5) is 15.8 Å². The van der Waals surface area contributed by atoms with Gasteiger partial charge in [-0.1, -0.05) is 12.1 Å². The van der Waals surface area contributed by atoms with Crippen LogP contribution in [0.3, 0.4) is 0 Å². The van der Waals surface area contributed by atoms with Gasteiger partial charge in [0.2, 0.25) is 5.91 Å². The number of nitrogens with zero attached hydrogens (tertiary/aromatic N) is 1. The van der Waals surface area contributed by atoms with Gasteiger partial charge in [0, 0.05) is 31.6 Å². The SMILES string of the molecule is CO[C@H]1CCN(c2ccc(NC(=O)Cc3ccc(F)cc3)cc2)C1. The highest BCUT2D eigenvalue weighted by molar-refractivity contribution is 5.92. The molecule has 1 heterocycles. The van der Waals surface area contributed by atoms with E-state index in [4.69, 9.17) is 4.74 Å². The summed E-state index contributed by atoms with van der Waals surface area (Å²) in [6.07, 6.45) is 1.55. The van der Waals surface area contributed by atoms with Crippen molar-refractivity contribution in [3.63, 3.8) is 0 Å². The molecule has 0 aliphatic carbocycles. The molecule has 1 amide bonds. The maximum Gasteiger partial charge on any atom is 0.228 e. The van der Waals surface area contributed by atoms with Gasteiger partial charge >= 0.3 is 0 Å². The maximum absolute atomic E-state index is 12.9. The van der Waals surface area contributed by atoms with Crippen molar-refractivity contribution < 1.29 is 13.9 Å². The van der Waals surface area contributed by atoms with Crippen molar-refractivity contribution in [2.24, 2.45) is 0 Å². The molecule has 0 bridgehead atoms. The summed E-state index contributed by atoms with van der Waals surface area (Å²) in [5, 5.41) is 2.87. The number of carbonyl (C=O) groups excluding carboxylic acids is 1. The minimum absolute atomic E-state index is 0.116. The Kier molecular flexibility index (Phi) is 5.11. The number of carbonyl (C=O) groups is 1. The predicted molar refractivity (Wildman–Crippen MR) is 92.8 cm³/mol. The number of rotatable bonds is 5. The van der Waals surface area contributed by atoms with Crippen LogP contribution in [0.25, 0.3) is 0 Å². The van der Waals surface area contributed by atoms with Gasteiger partial charge in [-0.2, -0.15) is 0 Å². The van der Waals surface area contributed by atoms with Gasteiger partial charge in [0.05, 0.1) is 12.5 Å². The molecular weight excluding hydrogens is 307 g/mol. The molecule has 0 radical (unpaired) electrons. The second-order valence-corrected chi connectivity index (χ2v) is 5.99. The van der Waals surface area contributed by atoms with Crippen LogP contribution >= 0.6 is 0 Å². The second kappa shape index (κ2) is 7.45. The fourth-order valence-electron chi connectivity index (χ4n) is 2.90. The molecule has 1 saturated heterocycles. The lowest BCUT2D eigenvalue weighted by molar-refractivity contribution is -0.115. The van der Waals surface area contributed by atoms with Crippen molar-refractivity contribution in [3.05, 3.63) is 59.9 Å². The molecule has 0 aromatic heterocycles. The molecule has 126 valence electrons. The molecule has 24 heavy (non-hydrogen) atoms. The molecule has 1 N–H and O–H groups in total. The van der Waals surface area contributed by atoms with Crippen molar-refractivity contribution in [1.82, 2.24) is 0 Å². The average molecular weight is 328 g/mol. The molecule has 1 aliphatic rings. The minimum atomic E-state index is -0.299. The van der Waals surface area contributed by atoms with Gasteiger partial charge < -0.3 is 15.0 Å². The molecule has 1 fully saturated rings. The Balaban J connectivity index is 1.56. The summed E-state index contributed by atoms with van der Waals surface area (Å²) < 4.78 is 18.3. The number of hydrogen-bond acceptors (Lipinski definition) is 3. The molecule has 0 saturated carbocycles. The maximum atomic E-state index is 12.9. The summed E-state index contributed by atoms with van der Waals surface area (Å²) in [6, 6.07) is 13.8. The first kappa shape index (κ1) is 16.5. The third kappa shape index (κ3) is 4.11. The monoisotopic (exact) mass is 328 g/mol. The quantitative estimate of drug-likeness (QED) is 0.916. The Morgan fingerprint density at radius 1 is 1.21 bits per heavy atom. The van der Waals surface area contributed by atoms with Crippen LogP contribution in [0.15, 0.2) is 48.5 Å². The van der Waals surface area contributed by atoms with Gasteiger partial charge in [0.1, 0.15) is 5.82 Å². The van der Waals surface area contributed by atoms with Crippen LogP contribution in [0.1, 0.15) is 12.0 Å². The van der Waals surface area contributed by atoms with E-state index in [-0.39, 0.29) is 18.1 Å².